The van der Waals surface area contributed by atoms with Crippen molar-refractivity contribution in [3.63, 3.8) is 0 Å². The molecule has 7 nitrogen and oxygen atoms in total. The van der Waals surface area contributed by atoms with Crippen LogP contribution in [0.2, 0.25) is 0 Å². The van der Waals surface area contributed by atoms with Crippen LogP contribution in [-0.4, -0.2) is 44.0 Å². The molecule has 1 aromatic carbocycles. The van der Waals surface area contributed by atoms with Crippen molar-refractivity contribution in [3.8, 4) is 0 Å². The van der Waals surface area contributed by atoms with Gasteiger partial charge in [-0.2, -0.15) is 5.10 Å². The molecule has 1 amide bonds. The highest BCUT2D eigenvalue weighted by Crippen LogP contribution is 2.25. The van der Waals surface area contributed by atoms with Crippen LogP contribution in [0.4, 0.5) is 5.82 Å². The molecule has 0 spiro atoms. The number of amides is 1. The first-order valence-electron chi connectivity index (χ1n) is 11.0. The van der Waals surface area contributed by atoms with Crippen molar-refractivity contribution in [2.45, 2.75) is 64.2 Å². The maximum absolute atomic E-state index is 12.7. The van der Waals surface area contributed by atoms with E-state index in [-0.39, 0.29) is 17.9 Å². The van der Waals surface area contributed by atoms with E-state index in [1.165, 1.54) is 0 Å². The van der Waals surface area contributed by atoms with Gasteiger partial charge in [-0.3, -0.25) is 4.79 Å². The van der Waals surface area contributed by atoms with Crippen LogP contribution < -0.4 is 10.6 Å². The van der Waals surface area contributed by atoms with Crippen LogP contribution >= 0.6 is 11.8 Å². The Bertz CT molecular complexity index is 988. The second-order valence-corrected chi connectivity index (χ2v) is 8.83. The third-order valence-corrected chi connectivity index (χ3v) is 5.94. The molecule has 1 unspecified atom stereocenters. The van der Waals surface area contributed by atoms with Gasteiger partial charge >= 0.3 is 0 Å². The van der Waals surface area contributed by atoms with Gasteiger partial charge in [-0.1, -0.05) is 55.9 Å². The van der Waals surface area contributed by atoms with E-state index >= 15 is 0 Å². The van der Waals surface area contributed by atoms with Gasteiger partial charge in [0, 0.05) is 18.3 Å². The number of thioether (sulfide) groups is 1. The molecule has 2 aromatic heterocycles. The van der Waals surface area contributed by atoms with E-state index in [0.717, 1.165) is 46.2 Å². The summed E-state index contributed by atoms with van der Waals surface area (Å²) in [5, 5.41) is 12.6. The van der Waals surface area contributed by atoms with Crippen LogP contribution in [0.5, 0.6) is 0 Å². The Kier molecular flexibility index (Phi) is 8.28. The van der Waals surface area contributed by atoms with Crippen molar-refractivity contribution in [1.82, 2.24) is 25.1 Å². The summed E-state index contributed by atoms with van der Waals surface area (Å²) in [5.41, 5.74) is 1.84. The molecule has 0 bridgehead atoms. The molecule has 2 N–H and O–H groups in total. The number of nitrogens with zero attached hydrogens (tertiary/aromatic N) is 4. The van der Waals surface area contributed by atoms with Gasteiger partial charge in [0.2, 0.25) is 5.91 Å². The second kappa shape index (κ2) is 11.1. The van der Waals surface area contributed by atoms with E-state index in [1.807, 2.05) is 41.9 Å². The van der Waals surface area contributed by atoms with Gasteiger partial charge in [-0.05, 0) is 32.3 Å². The van der Waals surface area contributed by atoms with Gasteiger partial charge in [0.05, 0.1) is 24.0 Å². The minimum Gasteiger partial charge on any atom is -0.367 e. The number of fused-ring (bicyclic) bond motifs is 1. The topological polar surface area (TPSA) is 84.7 Å². The fourth-order valence-electron chi connectivity index (χ4n) is 3.41. The number of rotatable bonds is 11. The molecule has 166 valence electrons. The first-order chi connectivity index (χ1) is 15.0. The fourth-order valence-corrected chi connectivity index (χ4v) is 4.10. The molecule has 0 saturated heterocycles. The number of carbonyl (C=O) groups is 1. The summed E-state index contributed by atoms with van der Waals surface area (Å²) in [5.74, 6) is 1.68. The van der Waals surface area contributed by atoms with E-state index in [0.29, 0.717) is 13.1 Å². The molecule has 0 saturated carbocycles. The van der Waals surface area contributed by atoms with Gasteiger partial charge < -0.3 is 10.6 Å². The third kappa shape index (κ3) is 5.97. The van der Waals surface area contributed by atoms with Crippen molar-refractivity contribution in [2.24, 2.45) is 0 Å². The molecule has 8 heteroatoms. The predicted molar refractivity (Wildman–Crippen MR) is 128 cm³/mol. The standard InChI is InChI=1S/C23H32N6OS/c1-5-14-31-23-27-20(26-16(3)4)19-15-25-29(21(19)28-23)13-12-24-22(30)18(6-2)17-10-8-7-9-11-17/h7-11,15-16,18H,5-6,12-14H2,1-4H3,(H,24,30)(H,26,27,28). The maximum atomic E-state index is 12.7. The molecule has 2 heterocycles. The Morgan fingerprint density at radius 3 is 2.61 bits per heavy atom. The van der Waals surface area contributed by atoms with Gasteiger partial charge in [0.25, 0.3) is 0 Å². The van der Waals surface area contributed by atoms with Crippen LogP contribution in [0.25, 0.3) is 11.0 Å². The number of aromatic nitrogens is 4. The number of hydrogen-bond donors (Lipinski definition) is 2. The zero-order valence-electron chi connectivity index (χ0n) is 18.8. The second-order valence-electron chi connectivity index (χ2n) is 7.77. The average molecular weight is 441 g/mol. The van der Waals surface area contributed by atoms with E-state index in [9.17, 15) is 4.79 Å². The van der Waals surface area contributed by atoms with Crippen LogP contribution in [-0.2, 0) is 11.3 Å². The summed E-state index contributed by atoms with van der Waals surface area (Å²) in [6.45, 7) is 9.40. The molecule has 0 radical (unpaired) electrons. The number of hydrogen-bond acceptors (Lipinski definition) is 6. The molecular formula is C23H32N6OS. The lowest BCUT2D eigenvalue weighted by molar-refractivity contribution is -0.122. The summed E-state index contributed by atoms with van der Waals surface area (Å²) in [6.07, 6.45) is 3.62. The first kappa shape index (κ1) is 23.1. The number of carbonyl (C=O) groups excluding carboxylic acids is 1. The van der Waals surface area contributed by atoms with E-state index in [2.05, 4.69) is 41.5 Å². The minimum absolute atomic E-state index is 0.0427. The van der Waals surface area contributed by atoms with Crippen LogP contribution in [0.3, 0.4) is 0 Å². The Balaban J connectivity index is 1.73. The lowest BCUT2D eigenvalue weighted by Gasteiger charge is -2.15. The molecule has 31 heavy (non-hydrogen) atoms. The quantitative estimate of drug-likeness (QED) is 0.338. The Labute approximate surface area is 188 Å². The number of anilines is 1. The fraction of sp³-hybridized carbons (Fsp3) is 0.478. The van der Waals surface area contributed by atoms with Crippen molar-refractivity contribution in [1.29, 1.82) is 0 Å². The largest absolute Gasteiger partial charge is 0.367 e. The van der Waals surface area contributed by atoms with Crippen LogP contribution in [0, 0.1) is 0 Å². The van der Waals surface area contributed by atoms with Crippen molar-refractivity contribution < 1.29 is 4.79 Å². The first-order valence-corrected chi connectivity index (χ1v) is 12.0. The van der Waals surface area contributed by atoms with Gasteiger partial charge in [-0.25, -0.2) is 14.6 Å². The molecule has 3 rings (SSSR count). The molecule has 0 aliphatic rings. The molecular weight excluding hydrogens is 408 g/mol. The summed E-state index contributed by atoms with van der Waals surface area (Å²) in [7, 11) is 0. The normalized spacial score (nSPS) is 12.3. The molecule has 0 aliphatic heterocycles. The molecule has 3 aromatic rings. The SMILES string of the molecule is CCCSc1nc(NC(C)C)c2cnn(CCNC(=O)C(CC)c3ccccc3)c2n1. The lowest BCUT2D eigenvalue weighted by atomic mass is 9.96. The molecule has 0 fully saturated rings. The highest BCUT2D eigenvalue weighted by atomic mass is 32.2. The van der Waals surface area contributed by atoms with Crippen molar-refractivity contribution in [2.75, 3.05) is 17.6 Å². The summed E-state index contributed by atoms with van der Waals surface area (Å²) in [4.78, 5) is 22.2. The average Bonchev–Trinajstić information content (AvgIpc) is 3.16. The Morgan fingerprint density at radius 2 is 1.94 bits per heavy atom. The van der Waals surface area contributed by atoms with Crippen molar-refractivity contribution in [3.05, 3.63) is 42.1 Å². The number of nitrogens with one attached hydrogen (secondary N) is 2. The predicted octanol–water partition coefficient (Wildman–Crippen LogP) is 4.46. The monoisotopic (exact) mass is 440 g/mol. The van der Waals surface area contributed by atoms with Crippen LogP contribution in [0.15, 0.2) is 41.7 Å². The van der Waals surface area contributed by atoms with E-state index in [4.69, 9.17) is 4.98 Å². The molecule has 1 atom stereocenters. The van der Waals surface area contributed by atoms with E-state index < -0.39 is 0 Å². The van der Waals surface area contributed by atoms with Crippen LogP contribution in [0.1, 0.15) is 52.0 Å². The Hall–Kier alpha value is -2.61. The lowest BCUT2D eigenvalue weighted by Crippen LogP contribution is -2.32. The number of benzene rings is 1. The highest BCUT2D eigenvalue weighted by molar-refractivity contribution is 7.99. The molecule has 0 aliphatic carbocycles. The smallest absolute Gasteiger partial charge is 0.227 e. The highest BCUT2D eigenvalue weighted by Gasteiger charge is 2.18. The summed E-state index contributed by atoms with van der Waals surface area (Å²) < 4.78 is 1.85. The van der Waals surface area contributed by atoms with Gasteiger partial charge in [-0.15, -0.1) is 0 Å². The maximum Gasteiger partial charge on any atom is 0.227 e. The van der Waals surface area contributed by atoms with E-state index in [1.54, 1.807) is 18.0 Å². The summed E-state index contributed by atoms with van der Waals surface area (Å²) >= 11 is 1.65. The third-order valence-electron chi connectivity index (χ3n) is 4.89. The summed E-state index contributed by atoms with van der Waals surface area (Å²) in [6, 6.07) is 10.2. The van der Waals surface area contributed by atoms with Gasteiger partial charge in [0.1, 0.15) is 5.82 Å². The zero-order chi connectivity index (χ0) is 22.2. The minimum atomic E-state index is -0.142. The Morgan fingerprint density at radius 1 is 1.16 bits per heavy atom. The van der Waals surface area contributed by atoms with Gasteiger partial charge in [0.15, 0.2) is 10.8 Å². The van der Waals surface area contributed by atoms with Crippen molar-refractivity contribution >= 4 is 34.5 Å². The zero-order valence-corrected chi connectivity index (χ0v) is 19.6.